The molecule has 0 saturated carbocycles. The fourth-order valence-electron chi connectivity index (χ4n) is 9.99. The molecule has 0 bridgehead atoms. The van der Waals surface area contributed by atoms with Gasteiger partial charge in [-0.1, -0.05) is 0 Å². The lowest BCUT2D eigenvalue weighted by molar-refractivity contribution is -0.131. The van der Waals surface area contributed by atoms with Gasteiger partial charge in [-0.2, -0.15) is 33.5 Å². The number of benzene rings is 2. The van der Waals surface area contributed by atoms with Gasteiger partial charge in [-0.15, -0.1) is 0 Å². The van der Waals surface area contributed by atoms with Gasteiger partial charge in [0, 0.05) is 161 Å². The van der Waals surface area contributed by atoms with E-state index in [0.717, 1.165) is 123 Å². The van der Waals surface area contributed by atoms with Crippen LogP contribution in [0.4, 0.5) is 39.4 Å². The SMILES string of the molecule is CSCCC(=O)N1CCN(c2ccc(Nc3ncc4ccc(=O)n(CCC5CN(C(=O)OC(C)(C)C)C5)c4n3)cc2)CC1.CSCCC(=O)N1CCN(c2ccc(Nc3ncc4ccc(=O)n(CCC5CNC5)c4n3)cc2)CC1. The number of carbonyl (C=O) groups is 3. The molecule has 4 aliphatic heterocycles. The van der Waals surface area contributed by atoms with Crippen molar-refractivity contribution in [3.63, 3.8) is 0 Å². The number of piperazine rings is 2. The van der Waals surface area contributed by atoms with Gasteiger partial charge >= 0.3 is 6.09 Å². The second-order valence-electron chi connectivity index (χ2n) is 21.5. The second-order valence-corrected chi connectivity index (χ2v) is 23.5. The van der Waals surface area contributed by atoms with Crippen molar-refractivity contribution in [3.05, 3.63) is 106 Å². The number of hydrogen-bond donors (Lipinski definition) is 3. The number of likely N-dealkylation sites (tertiary alicyclic amines) is 1. The number of nitrogens with one attached hydrogen (secondary N) is 3. The van der Waals surface area contributed by atoms with Crippen LogP contribution in [-0.4, -0.2) is 170 Å². The molecule has 4 saturated heterocycles. The zero-order valence-corrected chi connectivity index (χ0v) is 47.7. The summed E-state index contributed by atoms with van der Waals surface area (Å²) in [5, 5.41) is 11.5. The van der Waals surface area contributed by atoms with Crippen molar-refractivity contribution < 1.29 is 19.1 Å². The highest BCUT2D eigenvalue weighted by Crippen LogP contribution is 2.27. The van der Waals surface area contributed by atoms with E-state index >= 15 is 0 Å². The van der Waals surface area contributed by atoms with Crippen molar-refractivity contribution in [1.29, 1.82) is 0 Å². The minimum Gasteiger partial charge on any atom is -0.444 e. The zero-order chi connectivity index (χ0) is 55.5. The maximum atomic E-state index is 12.8. The minimum absolute atomic E-state index is 0.0326. The number of fused-ring (bicyclic) bond motifs is 2. The number of ether oxygens (including phenoxy) is 1. The standard InChI is InChI=1S/C31H41N7O4S.C26H33N7O2S/c1-31(2,3)42-30(41)37-20-22(21-37)11-13-38-27(40)10-5-23-19-32-29(34-28(23)38)33-24-6-8-25(9-7-24)35-14-16-36(17-15-35)26(39)12-18-43-4;1-36-15-9-23(34)32-13-11-31(12-14-32)22-5-3-21(4-6-22)29-26-28-18-20-2-7-24(35)33(25(20)30-26)10-8-19-16-27-17-19/h5-10,19,22H,11-18,20-21H2,1-4H3,(H,32,33,34);2-7,18-19,27H,8-17H2,1H3,(H,28,29,30). The van der Waals surface area contributed by atoms with Crippen LogP contribution in [0.2, 0.25) is 0 Å². The summed E-state index contributed by atoms with van der Waals surface area (Å²) in [5.41, 5.74) is 4.54. The number of rotatable bonds is 18. The summed E-state index contributed by atoms with van der Waals surface area (Å²) in [4.78, 5) is 90.8. The van der Waals surface area contributed by atoms with Crippen molar-refractivity contribution in [1.82, 2.24) is 49.1 Å². The third-order valence-corrected chi connectivity index (χ3v) is 15.9. The average Bonchev–Trinajstić information content (AvgIpc) is 3.50. The third-order valence-electron chi connectivity index (χ3n) is 14.7. The highest BCUT2D eigenvalue weighted by Gasteiger charge is 2.33. The van der Waals surface area contributed by atoms with Gasteiger partial charge in [0.1, 0.15) is 16.9 Å². The molecule has 20 nitrogen and oxygen atoms in total. The second kappa shape index (κ2) is 26.4. The van der Waals surface area contributed by atoms with Gasteiger partial charge in [-0.05, 0) is 132 Å². The molecule has 79 heavy (non-hydrogen) atoms. The monoisotopic (exact) mass is 1110 g/mol. The molecule has 0 radical (unpaired) electrons. The van der Waals surface area contributed by atoms with Gasteiger partial charge in [0.2, 0.25) is 23.7 Å². The molecule has 420 valence electrons. The van der Waals surface area contributed by atoms with Crippen LogP contribution in [0.3, 0.4) is 0 Å². The van der Waals surface area contributed by atoms with Crippen LogP contribution in [0.25, 0.3) is 22.1 Å². The van der Waals surface area contributed by atoms with E-state index in [0.29, 0.717) is 74.0 Å². The Labute approximate surface area is 470 Å². The molecule has 22 heteroatoms. The number of anilines is 6. The predicted molar refractivity (Wildman–Crippen MR) is 318 cm³/mol. The lowest BCUT2D eigenvalue weighted by atomic mass is 9.97. The minimum atomic E-state index is -0.517. The van der Waals surface area contributed by atoms with E-state index < -0.39 is 5.60 Å². The molecule has 0 atom stereocenters. The Balaban J connectivity index is 0.000000195. The fraction of sp³-hybridized carbons (Fsp3) is 0.491. The van der Waals surface area contributed by atoms with Crippen LogP contribution in [0.1, 0.15) is 46.5 Å². The molecule has 0 spiro atoms. The first-order valence-electron chi connectivity index (χ1n) is 27.4. The molecule has 2 aromatic carbocycles. The summed E-state index contributed by atoms with van der Waals surface area (Å²) >= 11 is 3.41. The summed E-state index contributed by atoms with van der Waals surface area (Å²) in [6.45, 7) is 16.3. The largest absolute Gasteiger partial charge is 0.444 e. The normalized spacial score (nSPS) is 16.0. The average molecular weight is 1120 g/mol. The van der Waals surface area contributed by atoms with Crippen molar-refractivity contribution in [3.8, 4) is 0 Å². The molecular formula is C57H74N14O6S2. The number of nitrogens with zero attached hydrogens (tertiary/aromatic N) is 11. The molecule has 4 fully saturated rings. The van der Waals surface area contributed by atoms with Gasteiger partial charge in [0.15, 0.2) is 0 Å². The van der Waals surface area contributed by atoms with E-state index in [1.807, 2.05) is 67.3 Å². The summed E-state index contributed by atoms with van der Waals surface area (Å²) in [7, 11) is 0. The fourth-order valence-corrected chi connectivity index (χ4v) is 10.7. The summed E-state index contributed by atoms with van der Waals surface area (Å²) in [6, 6.07) is 23.0. The van der Waals surface area contributed by atoms with Gasteiger partial charge in [0.05, 0.1) is 0 Å². The van der Waals surface area contributed by atoms with E-state index in [2.05, 4.69) is 65.0 Å². The molecule has 0 unspecified atom stereocenters. The summed E-state index contributed by atoms with van der Waals surface area (Å²) in [6.07, 6.45) is 10.2. The number of amides is 3. The molecule has 8 heterocycles. The Morgan fingerprint density at radius 2 is 1.03 bits per heavy atom. The Bertz CT molecular complexity index is 3160. The molecule has 4 aliphatic rings. The number of pyridine rings is 2. The van der Waals surface area contributed by atoms with Crippen LogP contribution in [0.5, 0.6) is 0 Å². The first-order valence-corrected chi connectivity index (χ1v) is 30.2. The van der Waals surface area contributed by atoms with Crippen molar-refractivity contribution in [2.45, 2.75) is 65.1 Å². The Kier molecular flexibility index (Phi) is 19.0. The third kappa shape index (κ3) is 15.1. The van der Waals surface area contributed by atoms with Crippen LogP contribution < -0.4 is 36.9 Å². The van der Waals surface area contributed by atoms with Crippen molar-refractivity contribution in [2.24, 2.45) is 11.8 Å². The first-order chi connectivity index (χ1) is 38.2. The highest BCUT2D eigenvalue weighted by molar-refractivity contribution is 7.98. The maximum absolute atomic E-state index is 12.8. The summed E-state index contributed by atoms with van der Waals surface area (Å²) in [5.74, 6) is 4.04. The Morgan fingerprint density at radius 1 is 0.595 bits per heavy atom. The molecule has 3 amide bonds. The van der Waals surface area contributed by atoms with E-state index in [-0.39, 0.29) is 29.0 Å². The van der Waals surface area contributed by atoms with Crippen molar-refractivity contribution >= 4 is 98.1 Å². The van der Waals surface area contributed by atoms with Crippen LogP contribution in [0, 0.1) is 11.8 Å². The summed E-state index contributed by atoms with van der Waals surface area (Å²) < 4.78 is 8.89. The first kappa shape index (κ1) is 56.8. The van der Waals surface area contributed by atoms with E-state index in [4.69, 9.17) is 9.72 Å². The lowest BCUT2D eigenvalue weighted by Gasteiger charge is -2.39. The number of thioether (sulfide) groups is 2. The van der Waals surface area contributed by atoms with Crippen LogP contribution >= 0.6 is 23.5 Å². The van der Waals surface area contributed by atoms with Gasteiger partial charge in [0.25, 0.3) is 11.1 Å². The van der Waals surface area contributed by atoms with E-state index in [9.17, 15) is 24.0 Å². The molecule has 4 aromatic heterocycles. The maximum Gasteiger partial charge on any atom is 0.410 e. The zero-order valence-electron chi connectivity index (χ0n) is 46.1. The topological polar surface area (TPSA) is 208 Å². The number of aryl methyl sites for hydroxylation is 2. The van der Waals surface area contributed by atoms with Gasteiger partial charge in [-0.25, -0.2) is 14.8 Å². The van der Waals surface area contributed by atoms with E-state index in [1.54, 1.807) is 74.2 Å². The molecule has 3 N–H and O–H groups in total. The molecule has 10 rings (SSSR count). The quantitative estimate of drug-likeness (QED) is 0.0814. The van der Waals surface area contributed by atoms with Gasteiger partial charge in [-0.3, -0.25) is 28.3 Å². The van der Waals surface area contributed by atoms with Gasteiger partial charge < -0.3 is 45.2 Å². The van der Waals surface area contributed by atoms with Crippen LogP contribution in [0.15, 0.2) is 94.8 Å². The Hall–Kier alpha value is -6.91. The van der Waals surface area contributed by atoms with Crippen LogP contribution in [-0.2, 0) is 27.4 Å². The van der Waals surface area contributed by atoms with E-state index in [1.165, 1.54) is 0 Å². The number of carbonyl (C=O) groups excluding carboxylic acids is 3. The highest BCUT2D eigenvalue weighted by atomic mass is 32.2. The molecule has 6 aromatic rings. The number of hydrogen-bond acceptors (Lipinski definition) is 17. The molecule has 0 aliphatic carbocycles. The number of aromatic nitrogens is 6. The van der Waals surface area contributed by atoms with Crippen molar-refractivity contribution in [2.75, 3.05) is 123 Å². The lowest BCUT2D eigenvalue weighted by Crippen LogP contribution is -2.51. The smallest absolute Gasteiger partial charge is 0.410 e. The molecular weight excluding hydrogens is 1040 g/mol. The predicted octanol–water partition coefficient (Wildman–Crippen LogP) is 6.74. The Morgan fingerprint density at radius 3 is 1.42 bits per heavy atom.